The Hall–Kier alpha value is 0.440. The number of alkyl halides is 1. The van der Waals surface area contributed by atoms with Gasteiger partial charge in [-0.25, -0.2) is 0 Å². The summed E-state index contributed by atoms with van der Waals surface area (Å²) in [7, 11) is 0. The molecule has 1 aliphatic rings. The summed E-state index contributed by atoms with van der Waals surface area (Å²) in [5.74, 6) is 0.741. The minimum atomic E-state index is 0.462. The Bertz CT molecular complexity index is 95.4. The summed E-state index contributed by atoms with van der Waals surface area (Å²) in [5.41, 5.74) is 0. The van der Waals surface area contributed by atoms with Crippen LogP contribution >= 0.6 is 15.9 Å². The second kappa shape index (κ2) is 3.72. The molecular formula is C8H15BrO. The van der Waals surface area contributed by atoms with E-state index in [2.05, 4.69) is 29.8 Å². The predicted octanol–water partition coefficient (Wildman–Crippen LogP) is 2.58. The third-order valence-corrected chi connectivity index (χ3v) is 3.15. The van der Waals surface area contributed by atoms with E-state index in [-0.39, 0.29) is 0 Å². The Morgan fingerprint density at radius 1 is 1.60 bits per heavy atom. The molecule has 0 aliphatic carbocycles. The summed E-state index contributed by atoms with van der Waals surface area (Å²) >= 11 is 3.62. The molecule has 0 N–H and O–H groups in total. The van der Waals surface area contributed by atoms with Crippen molar-refractivity contribution in [1.29, 1.82) is 0 Å². The van der Waals surface area contributed by atoms with Gasteiger partial charge in [0.2, 0.25) is 0 Å². The summed E-state index contributed by atoms with van der Waals surface area (Å²) in [4.78, 5) is 0.599. The van der Waals surface area contributed by atoms with Crippen LogP contribution in [0.5, 0.6) is 0 Å². The lowest BCUT2D eigenvalue weighted by atomic mass is 9.97. The van der Waals surface area contributed by atoms with Crippen LogP contribution in [0.4, 0.5) is 0 Å². The largest absolute Gasteiger partial charge is 0.377 e. The van der Waals surface area contributed by atoms with Crippen LogP contribution in [0.3, 0.4) is 0 Å². The highest BCUT2D eigenvalue weighted by molar-refractivity contribution is 9.09. The van der Waals surface area contributed by atoms with E-state index in [0.717, 1.165) is 12.5 Å². The van der Waals surface area contributed by atoms with Crippen LogP contribution in [0.2, 0.25) is 0 Å². The zero-order valence-corrected chi connectivity index (χ0v) is 8.23. The van der Waals surface area contributed by atoms with Gasteiger partial charge in [-0.3, -0.25) is 0 Å². The molecule has 10 heavy (non-hydrogen) atoms. The van der Waals surface area contributed by atoms with Crippen molar-refractivity contribution in [2.45, 2.75) is 37.6 Å². The van der Waals surface area contributed by atoms with E-state index in [0.29, 0.717) is 10.9 Å². The van der Waals surface area contributed by atoms with Gasteiger partial charge in [0.1, 0.15) is 0 Å². The first-order chi connectivity index (χ1) is 4.75. The SMILES string of the molecule is CCCC1C(Br)COC1C. The number of hydrogen-bond donors (Lipinski definition) is 0. The molecule has 1 aliphatic heterocycles. The number of ether oxygens (including phenoxy) is 1. The van der Waals surface area contributed by atoms with Crippen molar-refractivity contribution in [3.8, 4) is 0 Å². The molecule has 0 spiro atoms. The van der Waals surface area contributed by atoms with Crippen LogP contribution in [0.15, 0.2) is 0 Å². The maximum atomic E-state index is 5.48. The van der Waals surface area contributed by atoms with E-state index in [4.69, 9.17) is 4.74 Å². The first kappa shape index (κ1) is 8.54. The lowest BCUT2D eigenvalue weighted by Crippen LogP contribution is -2.17. The van der Waals surface area contributed by atoms with Gasteiger partial charge in [-0.15, -0.1) is 0 Å². The van der Waals surface area contributed by atoms with E-state index in [9.17, 15) is 0 Å². The molecule has 1 nitrogen and oxygen atoms in total. The van der Waals surface area contributed by atoms with Crippen molar-refractivity contribution in [2.75, 3.05) is 6.61 Å². The molecule has 1 saturated heterocycles. The van der Waals surface area contributed by atoms with Crippen LogP contribution in [-0.2, 0) is 4.74 Å². The van der Waals surface area contributed by atoms with Crippen molar-refractivity contribution in [3.05, 3.63) is 0 Å². The van der Waals surface area contributed by atoms with E-state index in [1.165, 1.54) is 12.8 Å². The summed E-state index contributed by atoms with van der Waals surface area (Å²) < 4.78 is 5.48. The molecule has 0 aromatic carbocycles. The molecule has 3 unspecified atom stereocenters. The topological polar surface area (TPSA) is 9.23 Å². The highest BCUT2D eigenvalue weighted by Gasteiger charge is 2.31. The van der Waals surface area contributed by atoms with Crippen molar-refractivity contribution < 1.29 is 4.74 Å². The van der Waals surface area contributed by atoms with Crippen molar-refractivity contribution in [3.63, 3.8) is 0 Å². The van der Waals surface area contributed by atoms with E-state index < -0.39 is 0 Å². The van der Waals surface area contributed by atoms with Gasteiger partial charge in [0.25, 0.3) is 0 Å². The minimum Gasteiger partial charge on any atom is -0.377 e. The lowest BCUT2D eigenvalue weighted by Gasteiger charge is -2.14. The summed E-state index contributed by atoms with van der Waals surface area (Å²) in [6.07, 6.45) is 3.02. The first-order valence-electron chi connectivity index (χ1n) is 4.01. The van der Waals surface area contributed by atoms with Gasteiger partial charge in [-0.2, -0.15) is 0 Å². The fourth-order valence-electron chi connectivity index (χ4n) is 1.53. The van der Waals surface area contributed by atoms with Crippen LogP contribution in [0.25, 0.3) is 0 Å². The second-order valence-electron chi connectivity index (χ2n) is 3.01. The van der Waals surface area contributed by atoms with Gasteiger partial charge in [0.15, 0.2) is 0 Å². The van der Waals surface area contributed by atoms with Gasteiger partial charge in [-0.05, 0) is 19.3 Å². The Morgan fingerprint density at radius 2 is 2.30 bits per heavy atom. The van der Waals surface area contributed by atoms with Crippen molar-refractivity contribution in [1.82, 2.24) is 0 Å². The standard InChI is InChI=1S/C8H15BrO/c1-3-4-7-6(2)10-5-8(7)9/h6-8H,3-5H2,1-2H3. The molecule has 3 atom stereocenters. The summed E-state index contributed by atoms with van der Waals surface area (Å²) in [6, 6.07) is 0. The molecule has 2 heteroatoms. The Kier molecular flexibility index (Phi) is 3.18. The highest BCUT2D eigenvalue weighted by atomic mass is 79.9. The molecule has 0 radical (unpaired) electrons. The molecule has 0 bridgehead atoms. The van der Waals surface area contributed by atoms with Crippen molar-refractivity contribution in [2.24, 2.45) is 5.92 Å². The maximum Gasteiger partial charge on any atom is 0.0598 e. The zero-order chi connectivity index (χ0) is 7.56. The third kappa shape index (κ3) is 1.73. The summed E-state index contributed by atoms with van der Waals surface area (Å²) in [6.45, 7) is 5.29. The molecule has 1 rings (SSSR count). The Labute approximate surface area is 71.3 Å². The number of halogens is 1. The van der Waals surface area contributed by atoms with Crippen LogP contribution in [0.1, 0.15) is 26.7 Å². The first-order valence-corrected chi connectivity index (χ1v) is 4.93. The number of hydrogen-bond acceptors (Lipinski definition) is 1. The average molecular weight is 207 g/mol. The van der Waals surface area contributed by atoms with E-state index in [1.54, 1.807) is 0 Å². The Morgan fingerprint density at radius 3 is 2.70 bits per heavy atom. The molecule has 60 valence electrons. The normalized spacial score (nSPS) is 40.5. The molecule has 0 aromatic rings. The fraction of sp³-hybridized carbons (Fsp3) is 1.00. The van der Waals surface area contributed by atoms with Crippen LogP contribution in [-0.4, -0.2) is 17.5 Å². The number of rotatable bonds is 2. The molecular weight excluding hydrogens is 192 g/mol. The second-order valence-corrected chi connectivity index (χ2v) is 4.18. The zero-order valence-electron chi connectivity index (χ0n) is 6.64. The lowest BCUT2D eigenvalue weighted by molar-refractivity contribution is 0.104. The monoisotopic (exact) mass is 206 g/mol. The van der Waals surface area contributed by atoms with E-state index in [1.807, 2.05) is 0 Å². The van der Waals surface area contributed by atoms with Crippen LogP contribution < -0.4 is 0 Å². The fourth-order valence-corrected chi connectivity index (χ4v) is 2.38. The van der Waals surface area contributed by atoms with Gasteiger partial charge in [0.05, 0.1) is 12.7 Å². The van der Waals surface area contributed by atoms with Gasteiger partial charge in [-0.1, -0.05) is 29.3 Å². The smallest absolute Gasteiger partial charge is 0.0598 e. The quantitative estimate of drug-likeness (QED) is 0.632. The maximum absolute atomic E-state index is 5.48. The molecule has 1 fully saturated rings. The summed E-state index contributed by atoms with van der Waals surface area (Å²) in [5, 5.41) is 0. The average Bonchev–Trinajstić information content (AvgIpc) is 2.20. The molecule has 0 aromatic heterocycles. The van der Waals surface area contributed by atoms with E-state index >= 15 is 0 Å². The minimum absolute atomic E-state index is 0.462. The van der Waals surface area contributed by atoms with Gasteiger partial charge in [0, 0.05) is 4.83 Å². The van der Waals surface area contributed by atoms with Crippen molar-refractivity contribution >= 4 is 15.9 Å². The van der Waals surface area contributed by atoms with Gasteiger partial charge >= 0.3 is 0 Å². The predicted molar refractivity (Wildman–Crippen MR) is 46.5 cm³/mol. The molecule has 0 amide bonds. The third-order valence-electron chi connectivity index (χ3n) is 2.21. The molecule has 0 saturated carbocycles. The molecule has 1 heterocycles. The van der Waals surface area contributed by atoms with Crippen LogP contribution in [0, 0.1) is 5.92 Å². The Balaban J connectivity index is 2.38. The highest BCUT2D eigenvalue weighted by Crippen LogP contribution is 2.30. The van der Waals surface area contributed by atoms with Gasteiger partial charge < -0.3 is 4.74 Å².